The van der Waals surface area contributed by atoms with Crippen molar-refractivity contribution in [2.24, 2.45) is 5.84 Å². The molecule has 0 saturated carbocycles. The summed E-state index contributed by atoms with van der Waals surface area (Å²) in [7, 11) is 0. The molecular formula is C12H13N3O2S. The average molecular weight is 263 g/mol. The van der Waals surface area contributed by atoms with Gasteiger partial charge >= 0.3 is 5.97 Å². The van der Waals surface area contributed by atoms with Crippen LogP contribution in [0.1, 0.15) is 17.3 Å². The standard InChI is InChI=1S/C12H13N3O2S/c1-2-17-12(16)10-9(7-18-11(10)15-13)8-4-3-5-14-6-8/h3-7,15H,2,13H2,1H3. The predicted molar refractivity (Wildman–Crippen MR) is 71.3 cm³/mol. The molecule has 0 bridgehead atoms. The topological polar surface area (TPSA) is 77.2 Å². The number of ether oxygens (including phenoxy) is 1. The number of nitrogens with zero attached hydrogens (tertiary/aromatic N) is 1. The Labute approximate surface area is 109 Å². The number of hydrogen-bond acceptors (Lipinski definition) is 6. The summed E-state index contributed by atoms with van der Waals surface area (Å²) >= 11 is 1.36. The SMILES string of the molecule is CCOC(=O)c1c(-c2cccnc2)csc1NN. The molecule has 2 aromatic rings. The molecule has 0 aliphatic carbocycles. The summed E-state index contributed by atoms with van der Waals surface area (Å²) < 4.78 is 5.04. The van der Waals surface area contributed by atoms with Gasteiger partial charge < -0.3 is 10.2 Å². The number of nitrogen functional groups attached to an aromatic ring is 1. The summed E-state index contributed by atoms with van der Waals surface area (Å²) in [5.74, 6) is 5.03. The van der Waals surface area contributed by atoms with Gasteiger partial charge in [0.15, 0.2) is 0 Å². The number of anilines is 1. The molecule has 0 aliphatic heterocycles. The highest BCUT2D eigenvalue weighted by Gasteiger charge is 2.20. The van der Waals surface area contributed by atoms with E-state index in [1.54, 1.807) is 19.3 Å². The molecule has 0 amide bonds. The second-order valence-electron chi connectivity index (χ2n) is 3.46. The maximum atomic E-state index is 11.9. The van der Waals surface area contributed by atoms with Gasteiger partial charge in [-0.2, -0.15) is 0 Å². The molecule has 0 aromatic carbocycles. The maximum absolute atomic E-state index is 11.9. The van der Waals surface area contributed by atoms with Crippen LogP contribution in [0.5, 0.6) is 0 Å². The lowest BCUT2D eigenvalue weighted by Gasteiger charge is -2.06. The molecule has 0 saturated heterocycles. The van der Waals surface area contributed by atoms with E-state index in [0.29, 0.717) is 17.2 Å². The smallest absolute Gasteiger partial charge is 0.341 e. The summed E-state index contributed by atoms with van der Waals surface area (Å²) in [6.07, 6.45) is 3.38. The predicted octanol–water partition coefficient (Wildman–Crippen LogP) is 2.27. The molecule has 2 heterocycles. The second-order valence-corrected chi connectivity index (χ2v) is 4.34. The zero-order valence-electron chi connectivity index (χ0n) is 9.84. The van der Waals surface area contributed by atoms with Crippen molar-refractivity contribution >= 4 is 22.3 Å². The van der Waals surface area contributed by atoms with Gasteiger partial charge in [-0.1, -0.05) is 6.07 Å². The van der Waals surface area contributed by atoms with Crippen LogP contribution in [0.25, 0.3) is 11.1 Å². The first-order valence-electron chi connectivity index (χ1n) is 5.43. The first kappa shape index (κ1) is 12.5. The fourth-order valence-electron chi connectivity index (χ4n) is 1.60. The zero-order chi connectivity index (χ0) is 13.0. The normalized spacial score (nSPS) is 10.1. The number of carbonyl (C=O) groups is 1. The number of aromatic nitrogens is 1. The van der Waals surface area contributed by atoms with Crippen molar-refractivity contribution in [1.29, 1.82) is 0 Å². The molecule has 5 nitrogen and oxygen atoms in total. The number of rotatable bonds is 4. The number of esters is 1. The lowest BCUT2D eigenvalue weighted by Crippen LogP contribution is -2.12. The lowest BCUT2D eigenvalue weighted by atomic mass is 10.1. The van der Waals surface area contributed by atoms with Gasteiger partial charge in [0.1, 0.15) is 10.6 Å². The van der Waals surface area contributed by atoms with Crippen LogP contribution in [-0.2, 0) is 4.74 Å². The van der Waals surface area contributed by atoms with Crippen LogP contribution in [0.2, 0.25) is 0 Å². The van der Waals surface area contributed by atoms with Gasteiger partial charge in [-0.15, -0.1) is 11.3 Å². The lowest BCUT2D eigenvalue weighted by molar-refractivity contribution is 0.0529. The van der Waals surface area contributed by atoms with E-state index in [1.165, 1.54) is 11.3 Å². The molecule has 0 spiro atoms. The Morgan fingerprint density at radius 2 is 2.44 bits per heavy atom. The first-order valence-corrected chi connectivity index (χ1v) is 6.31. The molecule has 0 aliphatic rings. The Balaban J connectivity index is 2.49. The van der Waals surface area contributed by atoms with Gasteiger partial charge in [0.2, 0.25) is 0 Å². The number of nitrogens with one attached hydrogen (secondary N) is 1. The van der Waals surface area contributed by atoms with E-state index in [-0.39, 0.29) is 5.97 Å². The molecule has 2 rings (SSSR count). The number of thiophene rings is 1. The van der Waals surface area contributed by atoms with Crippen molar-refractivity contribution in [3.8, 4) is 11.1 Å². The van der Waals surface area contributed by atoms with Gasteiger partial charge in [0.05, 0.1) is 6.61 Å². The zero-order valence-corrected chi connectivity index (χ0v) is 10.7. The third kappa shape index (κ3) is 2.34. The van der Waals surface area contributed by atoms with E-state index in [2.05, 4.69) is 10.4 Å². The minimum Gasteiger partial charge on any atom is -0.462 e. The number of carbonyl (C=O) groups excluding carboxylic acids is 1. The van der Waals surface area contributed by atoms with Crippen molar-refractivity contribution in [1.82, 2.24) is 4.98 Å². The maximum Gasteiger partial charge on any atom is 0.341 e. The first-order chi connectivity index (χ1) is 8.77. The number of hydrazine groups is 1. The Morgan fingerprint density at radius 1 is 1.61 bits per heavy atom. The van der Waals surface area contributed by atoms with Gasteiger partial charge in [0.25, 0.3) is 0 Å². The van der Waals surface area contributed by atoms with Gasteiger partial charge in [-0.3, -0.25) is 4.98 Å². The van der Waals surface area contributed by atoms with Crippen LogP contribution >= 0.6 is 11.3 Å². The van der Waals surface area contributed by atoms with Gasteiger partial charge in [0, 0.05) is 28.9 Å². The van der Waals surface area contributed by atoms with Gasteiger partial charge in [-0.25, -0.2) is 10.6 Å². The minimum atomic E-state index is -0.384. The van der Waals surface area contributed by atoms with E-state index in [4.69, 9.17) is 10.6 Å². The van der Waals surface area contributed by atoms with E-state index >= 15 is 0 Å². The average Bonchev–Trinajstić information content (AvgIpc) is 2.84. The molecule has 94 valence electrons. The molecule has 6 heteroatoms. The quantitative estimate of drug-likeness (QED) is 0.502. The largest absolute Gasteiger partial charge is 0.462 e. The second kappa shape index (κ2) is 5.61. The highest BCUT2D eigenvalue weighted by Crippen LogP contribution is 2.35. The molecule has 0 unspecified atom stereocenters. The van der Waals surface area contributed by atoms with Crippen molar-refractivity contribution in [3.05, 3.63) is 35.5 Å². The van der Waals surface area contributed by atoms with Gasteiger partial charge in [-0.05, 0) is 13.0 Å². The Bertz CT molecular complexity index is 540. The number of nitrogens with two attached hydrogens (primary N) is 1. The molecule has 3 N–H and O–H groups in total. The van der Waals surface area contributed by atoms with Crippen LogP contribution in [0.3, 0.4) is 0 Å². The highest BCUT2D eigenvalue weighted by atomic mass is 32.1. The number of pyridine rings is 1. The van der Waals surface area contributed by atoms with E-state index in [1.807, 2.05) is 17.5 Å². The van der Waals surface area contributed by atoms with Crippen LogP contribution in [-0.4, -0.2) is 17.6 Å². The van der Waals surface area contributed by atoms with Crippen LogP contribution in [0.4, 0.5) is 5.00 Å². The summed E-state index contributed by atoms with van der Waals surface area (Å²) in [4.78, 5) is 16.0. The third-order valence-corrected chi connectivity index (χ3v) is 3.29. The fraction of sp³-hybridized carbons (Fsp3) is 0.167. The summed E-state index contributed by atoms with van der Waals surface area (Å²) in [6, 6.07) is 3.70. The van der Waals surface area contributed by atoms with Crippen LogP contribution in [0, 0.1) is 0 Å². The molecule has 2 aromatic heterocycles. The molecule has 0 radical (unpaired) electrons. The van der Waals surface area contributed by atoms with Crippen molar-refractivity contribution in [2.75, 3.05) is 12.0 Å². The molecule has 18 heavy (non-hydrogen) atoms. The Morgan fingerprint density at radius 3 is 3.06 bits per heavy atom. The van der Waals surface area contributed by atoms with Crippen LogP contribution in [0.15, 0.2) is 29.9 Å². The molecule has 0 atom stereocenters. The van der Waals surface area contributed by atoms with E-state index in [0.717, 1.165) is 11.1 Å². The monoisotopic (exact) mass is 263 g/mol. The number of hydrogen-bond donors (Lipinski definition) is 2. The van der Waals surface area contributed by atoms with E-state index in [9.17, 15) is 4.79 Å². The fourth-order valence-corrected chi connectivity index (χ4v) is 2.47. The molecule has 0 fully saturated rings. The van der Waals surface area contributed by atoms with E-state index < -0.39 is 0 Å². The van der Waals surface area contributed by atoms with Crippen LogP contribution < -0.4 is 11.3 Å². The minimum absolute atomic E-state index is 0.325. The molecular weight excluding hydrogens is 250 g/mol. The van der Waals surface area contributed by atoms with Crippen molar-refractivity contribution in [2.45, 2.75) is 6.92 Å². The summed E-state index contributed by atoms with van der Waals surface area (Å²) in [6.45, 7) is 2.09. The van der Waals surface area contributed by atoms with Crippen molar-refractivity contribution < 1.29 is 9.53 Å². The Hall–Kier alpha value is -1.92. The third-order valence-electron chi connectivity index (χ3n) is 2.37. The highest BCUT2D eigenvalue weighted by molar-refractivity contribution is 7.15. The summed E-state index contributed by atoms with van der Waals surface area (Å²) in [5.41, 5.74) is 4.62. The Kier molecular flexibility index (Phi) is 3.91. The summed E-state index contributed by atoms with van der Waals surface area (Å²) in [5, 5.41) is 2.45. The van der Waals surface area contributed by atoms with Crippen molar-refractivity contribution in [3.63, 3.8) is 0 Å².